The van der Waals surface area contributed by atoms with Gasteiger partial charge in [-0.15, -0.1) is 0 Å². The molecule has 0 fully saturated rings. The fraction of sp³-hybridized carbons (Fsp3) is 0.381. The van der Waals surface area contributed by atoms with Crippen LogP contribution in [-0.4, -0.2) is 32.7 Å². The SMILES string of the molecule is CNC(=O)c1cccc(CCNC2CCc3c(cccc3OC)C2)c1. The van der Waals surface area contributed by atoms with E-state index < -0.39 is 0 Å². The van der Waals surface area contributed by atoms with Crippen molar-refractivity contribution < 1.29 is 9.53 Å². The van der Waals surface area contributed by atoms with Crippen LogP contribution in [0.3, 0.4) is 0 Å². The van der Waals surface area contributed by atoms with Crippen molar-refractivity contribution in [3.63, 3.8) is 0 Å². The smallest absolute Gasteiger partial charge is 0.251 e. The minimum absolute atomic E-state index is 0.0346. The van der Waals surface area contributed by atoms with Gasteiger partial charge in [-0.1, -0.05) is 24.3 Å². The highest BCUT2D eigenvalue weighted by molar-refractivity contribution is 5.94. The predicted octanol–water partition coefficient (Wildman–Crippen LogP) is 2.74. The van der Waals surface area contributed by atoms with E-state index in [1.807, 2.05) is 24.3 Å². The predicted molar refractivity (Wildman–Crippen MR) is 100 cm³/mol. The Labute approximate surface area is 149 Å². The topological polar surface area (TPSA) is 50.4 Å². The van der Waals surface area contributed by atoms with Gasteiger partial charge in [0.05, 0.1) is 7.11 Å². The molecule has 0 bridgehead atoms. The maximum atomic E-state index is 11.7. The quantitative estimate of drug-likeness (QED) is 0.851. The molecule has 0 aliphatic heterocycles. The summed E-state index contributed by atoms with van der Waals surface area (Å²) in [5.41, 5.74) is 4.66. The fourth-order valence-electron chi connectivity index (χ4n) is 3.57. The summed E-state index contributed by atoms with van der Waals surface area (Å²) < 4.78 is 5.47. The molecule has 0 saturated carbocycles. The van der Waals surface area contributed by atoms with Gasteiger partial charge in [-0.05, 0) is 67.1 Å². The number of ether oxygens (including phenoxy) is 1. The van der Waals surface area contributed by atoms with Crippen molar-refractivity contribution in [1.29, 1.82) is 0 Å². The van der Waals surface area contributed by atoms with E-state index >= 15 is 0 Å². The van der Waals surface area contributed by atoms with E-state index in [9.17, 15) is 4.79 Å². The first-order valence-corrected chi connectivity index (χ1v) is 8.90. The molecule has 132 valence electrons. The average molecular weight is 338 g/mol. The Morgan fingerprint density at radius 3 is 2.88 bits per heavy atom. The Balaban J connectivity index is 1.54. The molecule has 3 rings (SSSR count). The number of fused-ring (bicyclic) bond motifs is 1. The van der Waals surface area contributed by atoms with Crippen molar-refractivity contribution in [2.24, 2.45) is 0 Å². The molecule has 25 heavy (non-hydrogen) atoms. The first-order valence-electron chi connectivity index (χ1n) is 8.90. The van der Waals surface area contributed by atoms with Crippen molar-refractivity contribution in [2.45, 2.75) is 31.7 Å². The van der Waals surface area contributed by atoms with Gasteiger partial charge < -0.3 is 15.4 Å². The molecule has 0 radical (unpaired) electrons. The minimum Gasteiger partial charge on any atom is -0.496 e. The summed E-state index contributed by atoms with van der Waals surface area (Å²) in [4.78, 5) is 11.7. The molecule has 0 heterocycles. The van der Waals surface area contributed by atoms with Gasteiger partial charge in [0.25, 0.3) is 5.91 Å². The molecule has 1 atom stereocenters. The molecule has 1 unspecified atom stereocenters. The second-order valence-electron chi connectivity index (χ2n) is 6.52. The molecule has 2 aromatic carbocycles. The largest absolute Gasteiger partial charge is 0.496 e. The fourth-order valence-corrected chi connectivity index (χ4v) is 3.57. The van der Waals surface area contributed by atoms with Crippen LogP contribution in [0.5, 0.6) is 5.75 Å². The highest BCUT2D eigenvalue weighted by Crippen LogP contribution is 2.29. The van der Waals surface area contributed by atoms with E-state index in [0.717, 1.165) is 43.5 Å². The summed E-state index contributed by atoms with van der Waals surface area (Å²) in [6, 6.07) is 14.7. The van der Waals surface area contributed by atoms with Crippen LogP contribution < -0.4 is 15.4 Å². The van der Waals surface area contributed by atoms with E-state index in [1.165, 1.54) is 16.7 Å². The zero-order valence-electron chi connectivity index (χ0n) is 15.0. The Kier molecular flexibility index (Phi) is 5.71. The third kappa shape index (κ3) is 4.20. The van der Waals surface area contributed by atoms with Crippen molar-refractivity contribution in [2.75, 3.05) is 20.7 Å². The lowest BCUT2D eigenvalue weighted by Gasteiger charge is -2.27. The molecular formula is C21H26N2O2. The monoisotopic (exact) mass is 338 g/mol. The maximum Gasteiger partial charge on any atom is 0.251 e. The number of amides is 1. The number of rotatable bonds is 6. The first kappa shape index (κ1) is 17.5. The van der Waals surface area contributed by atoms with Gasteiger partial charge in [0.1, 0.15) is 5.75 Å². The first-order chi connectivity index (χ1) is 12.2. The van der Waals surface area contributed by atoms with E-state index in [4.69, 9.17) is 4.74 Å². The van der Waals surface area contributed by atoms with Gasteiger partial charge in [0.15, 0.2) is 0 Å². The van der Waals surface area contributed by atoms with Crippen molar-refractivity contribution in [3.8, 4) is 5.75 Å². The Morgan fingerprint density at radius 1 is 1.24 bits per heavy atom. The van der Waals surface area contributed by atoms with Crippen LogP contribution in [0.2, 0.25) is 0 Å². The third-order valence-electron chi connectivity index (χ3n) is 4.92. The van der Waals surface area contributed by atoms with Crippen LogP contribution in [0.15, 0.2) is 42.5 Å². The number of benzene rings is 2. The second kappa shape index (κ2) is 8.17. The van der Waals surface area contributed by atoms with Crippen LogP contribution >= 0.6 is 0 Å². The zero-order chi connectivity index (χ0) is 17.6. The Bertz CT molecular complexity index is 742. The van der Waals surface area contributed by atoms with Gasteiger partial charge in [-0.3, -0.25) is 4.79 Å². The van der Waals surface area contributed by atoms with Gasteiger partial charge in [0.2, 0.25) is 0 Å². The van der Waals surface area contributed by atoms with E-state index in [0.29, 0.717) is 6.04 Å². The summed E-state index contributed by atoms with van der Waals surface area (Å²) in [7, 11) is 3.40. The third-order valence-corrected chi connectivity index (χ3v) is 4.92. The lowest BCUT2D eigenvalue weighted by atomic mass is 9.87. The summed E-state index contributed by atoms with van der Waals surface area (Å²) >= 11 is 0. The Morgan fingerprint density at radius 2 is 2.08 bits per heavy atom. The van der Waals surface area contributed by atoms with Crippen molar-refractivity contribution in [3.05, 3.63) is 64.7 Å². The number of carbonyl (C=O) groups excluding carboxylic acids is 1. The zero-order valence-corrected chi connectivity index (χ0v) is 15.0. The van der Waals surface area contributed by atoms with Gasteiger partial charge >= 0.3 is 0 Å². The standard InChI is InChI=1S/C21H26N2O2/c1-22-21(24)17-7-3-5-15(13-17)11-12-23-18-9-10-19-16(14-18)6-4-8-20(19)25-2/h3-8,13,18,23H,9-12,14H2,1-2H3,(H,22,24). The lowest BCUT2D eigenvalue weighted by molar-refractivity contribution is 0.0963. The normalized spacial score (nSPS) is 16.2. The second-order valence-corrected chi connectivity index (χ2v) is 6.52. The molecular weight excluding hydrogens is 312 g/mol. The van der Waals surface area contributed by atoms with E-state index in [1.54, 1.807) is 14.2 Å². The Hall–Kier alpha value is -2.33. The molecule has 0 spiro atoms. The van der Waals surface area contributed by atoms with Gasteiger partial charge in [-0.2, -0.15) is 0 Å². The van der Waals surface area contributed by atoms with Crippen molar-refractivity contribution >= 4 is 5.91 Å². The summed E-state index contributed by atoms with van der Waals surface area (Å²) in [5, 5.41) is 6.34. The van der Waals surface area contributed by atoms with Crippen LogP contribution in [0.4, 0.5) is 0 Å². The van der Waals surface area contributed by atoms with E-state index in [-0.39, 0.29) is 5.91 Å². The molecule has 2 N–H and O–H groups in total. The molecule has 0 saturated heterocycles. The number of carbonyl (C=O) groups is 1. The molecule has 1 amide bonds. The van der Waals surface area contributed by atoms with Crippen molar-refractivity contribution in [1.82, 2.24) is 10.6 Å². The number of methoxy groups -OCH3 is 1. The molecule has 2 aromatic rings. The van der Waals surface area contributed by atoms with Crippen LogP contribution in [0.1, 0.15) is 33.5 Å². The van der Waals surface area contributed by atoms with Crippen LogP contribution in [0.25, 0.3) is 0 Å². The number of nitrogens with one attached hydrogen (secondary N) is 2. The molecule has 1 aliphatic carbocycles. The highest BCUT2D eigenvalue weighted by Gasteiger charge is 2.20. The van der Waals surface area contributed by atoms with E-state index in [2.05, 4.69) is 28.8 Å². The summed E-state index contributed by atoms with van der Waals surface area (Å²) in [5.74, 6) is 0.981. The number of hydrogen-bond donors (Lipinski definition) is 2. The highest BCUT2D eigenvalue weighted by atomic mass is 16.5. The van der Waals surface area contributed by atoms with Crippen LogP contribution in [-0.2, 0) is 19.3 Å². The molecule has 1 aliphatic rings. The van der Waals surface area contributed by atoms with Crippen LogP contribution in [0, 0.1) is 0 Å². The summed E-state index contributed by atoms with van der Waals surface area (Å²) in [6.45, 7) is 0.918. The molecule has 4 heteroatoms. The minimum atomic E-state index is -0.0346. The molecule has 4 nitrogen and oxygen atoms in total. The van der Waals surface area contributed by atoms with Gasteiger partial charge in [0, 0.05) is 18.7 Å². The average Bonchev–Trinajstić information content (AvgIpc) is 2.67. The van der Waals surface area contributed by atoms with Gasteiger partial charge in [-0.25, -0.2) is 0 Å². The molecule has 0 aromatic heterocycles. The maximum absolute atomic E-state index is 11.7. The summed E-state index contributed by atoms with van der Waals surface area (Å²) in [6.07, 6.45) is 4.16. The number of hydrogen-bond acceptors (Lipinski definition) is 3. The lowest BCUT2D eigenvalue weighted by Crippen LogP contribution is -2.35.